The number of carbonyl (C=O) groups is 3. The van der Waals surface area contributed by atoms with Crippen molar-refractivity contribution >= 4 is 45.5 Å². The number of esters is 1. The second-order valence-electron chi connectivity index (χ2n) is 8.99. The van der Waals surface area contributed by atoms with Crippen LogP contribution in [0.5, 0.6) is 5.75 Å². The zero-order valence-electron chi connectivity index (χ0n) is 21.3. The molecule has 10 nitrogen and oxygen atoms in total. The predicted octanol–water partition coefficient (Wildman–Crippen LogP) is 4.39. The SMILES string of the molecule is C=CCOC(=O)c1sc(N2C(=O)C(=O)C(=C(O)c3nc4c(C)cccn4c3C)C2c2cccc(O)c2)nc1C. The molecular formula is C28H24N4O6S. The van der Waals surface area contributed by atoms with Crippen molar-refractivity contribution in [2.45, 2.75) is 26.8 Å². The lowest BCUT2D eigenvalue weighted by atomic mass is 9.96. The fourth-order valence-electron chi connectivity index (χ4n) is 4.59. The first kappa shape index (κ1) is 25.9. The van der Waals surface area contributed by atoms with Gasteiger partial charge in [-0.3, -0.25) is 14.5 Å². The van der Waals surface area contributed by atoms with Crippen LogP contribution in [-0.4, -0.2) is 48.8 Å². The molecule has 1 fully saturated rings. The Hall–Kier alpha value is -4.77. The maximum atomic E-state index is 13.5. The summed E-state index contributed by atoms with van der Waals surface area (Å²) in [5.41, 5.74) is 2.64. The molecule has 4 heterocycles. The van der Waals surface area contributed by atoms with Gasteiger partial charge in [0.2, 0.25) is 0 Å². The van der Waals surface area contributed by atoms with Gasteiger partial charge in [0.15, 0.2) is 10.9 Å². The molecule has 11 heteroatoms. The van der Waals surface area contributed by atoms with Crippen LogP contribution >= 0.6 is 11.3 Å². The van der Waals surface area contributed by atoms with E-state index >= 15 is 0 Å². The third-order valence-corrected chi connectivity index (χ3v) is 7.58. The number of anilines is 1. The fraction of sp³-hybridized carbons (Fsp3) is 0.179. The lowest BCUT2D eigenvalue weighted by Crippen LogP contribution is -2.29. The monoisotopic (exact) mass is 544 g/mol. The van der Waals surface area contributed by atoms with E-state index < -0.39 is 29.5 Å². The van der Waals surface area contributed by atoms with Gasteiger partial charge in [0.25, 0.3) is 5.78 Å². The van der Waals surface area contributed by atoms with Crippen LogP contribution in [0.25, 0.3) is 11.4 Å². The number of phenols is 1. The molecule has 0 radical (unpaired) electrons. The minimum Gasteiger partial charge on any atom is -0.508 e. The summed E-state index contributed by atoms with van der Waals surface area (Å²) in [6.07, 6.45) is 3.22. The van der Waals surface area contributed by atoms with Crippen LogP contribution < -0.4 is 4.90 Å². The van der Waals surface area contributed by atoms with E-state index in [1.807, 2.05) is 19.1 Å². The van der Waals surface area contributed by atoms with E-state index in [2.05, 4.69) is 16.5 Å². The largest absolute Gasteiger partial charge is 0.508 e. The zero-order valence-corrected chi connectivity index (χ0v) is 22.2. The number of hydrogen-bond acceptors (Lipinski definition) is 9. The summed E-state index contributed by atoms with van der Waals surface area (Å²) >= 11 is 0.889. The number of aliphatic hydroxyl groups excluding tert-OH is 1. The number of ketones is 1. The summed E-state index contributed by atoms with van der Waals surface area (Å²) in [5.74, 6) is -3.08. The van der Waals surface area contributed by atoms with Crippen molar-refractivity contribution in [3.8, 4) is 5.75 Å². The zero-order chi connectivity index (χ0) is 28.0. The minimum absolute atomic E-state index is 0.00283. The highest BCUT2D eigenvalue weighted by Crippen LogP contribution is 2.44. The Balaban J connectivity index is 1.71. The number of aromatic hydroxyl groups is 1. The number of nitrogens with zero attached hydrogens (tertiary/aromatic N) is 4. The molecule has 1 atom stereocenters. The molecule has 39 heavy (non-hydrogen) atoms. The number of benzene rings is 1. The Bertz CT molecular complexity index is 1720. The molecule has 5 rings (SSSR count). The first-order chi connectivity index (χ1) is 18.6. The highest BCUT2D eigenvalue weighted by atomic mass is 32.1. The van der Waals surface area contributed by atoms with Crippen LogP contribution in [0.4, 0.5) is 5.13 Å². The van der Waals surface area contributed by atoms with Crippen LogP contribution in [0.2, 0.25) is 0 Å². The van der Waals surface area contributed by atoms with Gasteiger partial charge in [0.05, 0.1) is 23.0 Å². The van der Waals surface area contributed by atoms with Gasteiger partial charge in [-0.2, -0.15) is 0 Å². The molecule has 4 aromatic rings. The molecule has 1 aliphatic rings. The molecule has 2 N–H and O–H groups in total. The summed E-state index contributed by atoms with van der Waals surface area (Å²) in [6.45, 7) is 8.74. The van der Waals surface area contributed by atoms with Crippen molar-refractivity contribution in [2.75, 3.05) is 11.5 Å². The van der Waals surface area contributed by atoms with Gasteiger partial charge in [-0.05, 0) is 50.1 Å². The predicted molar refractivity (Wildman–Crippen MR) is 145 cm³/mol. The third kappa shape index (κ3) is 4.26. The average molecular weight is 545 g/mol. The molecule has 1 amide bonds. The number of hydrogen-bond donors (Lipinski definition) is 2. The van der Waals surface area contributed by atoms with Crippen molar-refractivity contribution in [1.82, 2.24) is 14.4 Å². The Morgan fingerprint density at radius 2 is 1.95 bits per heavy atom. The number of rotatable bonds is 6. The number of aromatic nitrogens is 3. The maximum absolute atomic E-state index is 13.5. The van der Waals surface area contributed by atoms with E-state index in [4.69, 9.17) is 4.74 Å². The van der Waals surface area contributed by atoms with Crippen molar-refractivity contribution in [3.05, 3.63) is 93.9 Å². The number of pyridine rings is 1. The van der Waals surface area contributed by atoms with Gasteiger partial charge < -0.3 is 19.4 Å². The number of fused-ring (bicyclic) bond motifs is 1. The normalized spacial score (nSPS) is 16.7. The summed E-state index contributed by atoms with van der Waals surface area (Å²) < 4.78 is 6.91. The molecule has 1 aromatic carbocycles. The smallest absolute Gasteiger partial charge is 0.350 e. The average Bonchev–Trinajstić information content (AvgIpc) is 3.54. The van der Waals surface area contributed by atoms with Crippen LogP contribution in [0, 0.1) is 20.8 Å². The number of thiazole rings is 1. The minimum atomic E-state index is -1.15. The first-order valence-corrected chi connectivity index (χ1v) is 12.8. The van der Waals surface area contributed by atoms with Crippen molar-refractivity contribution in [2.24, 2.45) is 0 Å². The number of amides is 1. The first-order valence-electron chi connectivity index (χ1n) is 11.9. The Kier molecular flexibility index (Phi) is 6.52. The Morgan fingerprint density at radius 3 is 2.64 bits per heavy atom. The second-order valence-corrected chi connectivity index (χ2v) is 9.97. The molecule has 1 unspecified atom stereocenters. The lowest BCUT2D eigenvalue weighted by Gasteiger charge is -2.23. The summed E-state index contributed by atoms with van der Waals surface area (Å²) in [7, 11) is 0. The van der Waals surface area contributed by atoms with Crippen molar-refractivity contribution < 1.29 is 29.3 Å². The molecule has 198 valence electrons. The van der Waals surface area contributed by atoms with E-state index in [0.29, 0.717) is 22.6 Å². The van der Waals surface area contributed by atoms with Crippen LogP contribution in [-0.2, 0) is 14.3 Å². The molecule has 0 saturated carbocycles. The van der Waals surface area contributed by atoms with Crippen molar-refractivity contribution in [3.63, 3.8) is 0 Å². The van der Waals surface area contributed by atoms with Gasteiger partial charge >= 0.3 is 11.9 Å². The van der Waals surface area contributed by atoms with Crippen LogP contribution in [0.3, 0.4) is 0 Å². The topological polar surface area (TPSA) is 134 Å². The van der Waals surface area contributed by atoms with E-state index in [1.165, 1.54) is 18.2 Å². The van der Waals surface area contributed by atoms with Gasteiger partial charge in [-0.25, -0.2) is 14.8 Å². The standard InChI is InChI=1S/C28H24N4O6S/c1-5-12-38-27(37)24-15(3)29-28(39-24)32-21(17-9-6-10-18(33)13-17)19(23(35)26(32)36)22(34)20-16(4)31-11-7-8-14(2)25(31)30-20/h5-11,13,21,33-34H,1,12H2,2-4H3. The quantitative estimate of drug-likeness (QED) is 0.120. The number of aliphatic hydroxyl groups is 1. The molecule has 0 aliphatic carbocycles. The maximum Gasteiger partial charge on any atom is 0.350 e. The van der Waals surface area contributed by atoms with E-state index in [-0.39, 0.29) is 33.6 Å². The van der Waals surface area contributed by atoms with E-state index in [0.717, 1.165) is 21.8 Å². The summed E-state index contributed by atoms with van der Waals surface area (Å²) in [6, 6.07) is 8.61. The Morgan fingerprint density at radius 1 is 1.18 bits per heavy atom. The van der Waals surface area contributed by atoms with Gasteiger partial charge in [0, 0.05) is 6.20 Å². The molecule has 1 saturated heterocycles. The number of phenolic OH excluding ortho intramolecular Hbond substituents is 1. The molecular weight excluding hydrogens is 520 g/mol. The van der Waals surface area contributed by atoms with E-state index in [9.17, 15) is 24.6 Å². The van der Waals surface area contributed by atoms with Gasteiger partial charge in [-0.1, -0.05) is 42.2 Å². The molecule has 0 spiro atoms. The number of imidazole rings is 1. The summed E-state index contributed by atoms with van der Waals surface area (Å²) in [5, 5.41) is 21.8. The van der Waals surface area contributed by atoms with Crippen LogP contribution in [0.15, 0.2) is 60.8 Å². The van der Waals surface area contributed by atoms with Crippen molar-refractivity contribution in [1.29, 1.82) is 0 Å². The fourth-order valence-corrected chi connectivity index (χ4v) is 5.58. The summed E-state index contributed by atoms with van der Waals surface area (Å²) in [4.78, 5) is 49.8. The van der Waals surface area contributed by atoms with Crippen LogP contribution in [0.1, 0.15) is 43.9 Å². The molecule has 1 aliphatic heterocycles. The highest BCUT2D eigenvalue weighted by Gasteiger charge is 2.49. The Labute approximate surface area is 227 Å². The molecule has 0 bridgehead atoms. The number of carbonyl (C=O) groups excluding carboxylic acids is 3. The van der Waals surface area contributed by atoms with Gasteiger partial charge in [-0.15, -0.1) is 0 Å². The lowest BCUT2D eigenvalue weighted by molar-refractivity contribution is -0.132. The van der Waals surface area contributed by atoms with E-state index in [1.54, 1.807) is 36.6 Å². The molecule has 3 aromatic heterocycles. The number of Topliss-reactive ketones (excluding diaryl/α,β-unsaturated/α-hetero) is 1. The third-order valence-electron chi connectivity index (χ3n) is 6.45. The van der Waals surface area contributed by atoms with Gasteiger partial charge in [0.1, 0.15) is 28.6 Å². The second kappa shape index (κ2) is 9.84. The number of aryl methyl sites for hydroxylation is 3. The number of ether oxygens (including phenoxy) is 1. The highest BCUT2D eigenvalue weighted by molar-refractivity contribution is 7.17.